The zero-order valence-corrected chi connectivity index (χ0v) is 16.3. The minimum Gasteiger partial charge on any atom is -0.454 e. The maximum Gasteiger partial charge on any atom is 0.231 e. The average molecular weight is 389 g/mol. The lowest BCUT2D eigenvalue weighted by molar-refractivity contribution is 0.166. The SMILES string of the molecule is C1=C2c3cc4c(cc3CCN2[C@@H](C2CCCC2)c2c1ccc1c2OCO1)OCO4. The Morgan fingerprint density at radius 1 is 0.862 bits per heavy atom. The number of ether oxygens (including phenoxy) is 4. The molecule has 0 N–H and O–H groups in total. The van der Waals surface area contributed by atoms with Crippen molar-refractivity contribution >= 4 is 11.8 Å². The molecular weight excluding hydrogens is 366 g/mol. The van der Waals surface area contributed by atoms with Gasteiger partial charge in [0.05, 0.1) is 6.04 Å². The van der Waals surface area contributed by atoms with Gasteiger partial charge < -0.3 is 23.8 Å². The van der Waals surface area contributed by atoms with Crippen molar-refractivity contribution in [1.29, 1.82) is 0 Å². The molecule has 5 nitrogen and oxygen atoms in total. The Morgan fingerprint density at radius 2 is 1.66 bits per heavy atom. The fourth-order valence-electron chi connectivity index (χ4n) is 5.90. The van der Waals surface area contributed by atoms with E-state index >= 15 is 0 Å². The van der Waals surface area contributed by atoms with Gasteiger partial charge in [0, 0.05) is 23.4 Å². The first-order chi connectivity index (χ1) is 14.4. The molecule has 5 aliphatic rings. The van der Waals surface area contributed by atoms with Gasteiger partial charge in [-0.15, -0.1) is 0 Å². The van der Waals surface area contributed by atoms with Gasteiger partial charge >= 0.3 is 0 Å². The van der Waals surface area contributed by atoms with Gasteiger partial charge in [-0.2, -0.15) is 0 Å². The molecule has 1 atom stereocenters. The topological polar surface area (TPSA) is 40.2 Å². The molecule has 148 valence electrons. The van der Waals surface area contributed by atoms with E-state index in [1.54, 1.807) is 0 Å². The summed E-state index contributed by atoms with van der Waals surface area (Å²) in [5.41, 5.74) is 6.55. The summed E-state index contributed by atoms with van der Waals surface area (Å²) in [6.07, 6.45) is 8.58. The van der Waals surface area contributed by atoms with Gasteiger partial charge in [-0.25, -0.2) is 0 Å². The Balaban J connectivity index is 1.44. The van der Waals surface area contributed by atoms with Crippen molar-refractivity contribution in [2.45, 2.75) is 38.1 Å². The molecule has 0 radical (unpaired) electrons. The van der Waals surface area contributed by atoms with Crippen molar-refractivity contribution < 1.29 is 18.9 Å². The number of fused-ring (bicyclic) bond motifs is 7. The van der Waals surface area contributed by atoms with Gasteiger partial charge in [-0.05, 0) is 60.6 Å². The maximum atomic E-state index is 5.98. The van der Waals surface area contributed by atoms with E-state index in [1.807, 2.05) is 0 Å². The minimum absolute atomic E-state index is 0.317. The lowest BCUT2D eigenvalue weighted by atomic mass is 9.80. The first-order valence-electron chi connectivity index (χ1n) is 10.7. The average Bonchev–Trinajstić information content (AvgIpc) is 3.51. The van der Waals surface area contributed by atoms with Gasteiger partial charge in [-0.1, -0.05) is 18.9 Å². The van der Waals surface area contributed by atoms with Crippen LogP contribution in [0.5, 0.6) is 23.0 Å². The molecule has 4 heterocycles. The van der Waals surface area contributed by atoms with E-state index in [-0.39, 0.29) is 0 Å². The molecule has 0 saturated heterocycles. The van der Waals surface area contributed by atoms with E-state index in [4.69, 9.17) is 18.9 Å². The summed E-state index contributed by atoms with van der Waals surface area (Å²) in [6.45, 7) is 1.66. The third-order valence-corrected chi connectivity index (χ3v) is 7.19. The second-order valence-corrected chi connectivity index (χ2v) is 8.63. The highest BCUT2D eigenvalue weighted by atomic mass is 16.7. The van der Waals surface area contributed by atoms with Crippen LogP contribution in [0, 0.1) is 5.92 Å². The second-order valence-electron chi connectivity index (χ2n) is 8.63. The summed E-state index contributed by atoms with van der Waals surface area (Å²) in [5, 5.41) is 0. The van der Waals surface area contributed by atoms with Crippen molar-refractivity contribution in [3.63, 3.8) is 0 Å². The minimum atomic E-state index is 0.317. The van der Waals surface area contributed by atoms with E-state index in [0.717, 1.165) is 36.0 Å². The van der Waals surface area contributed by atoms with Gasteiger partial charge in [0.2, 0.25) is 13.6 Å². The van der Waals surface area contributed by atoms with Crippen LogP contribution >= 0.6 is 0 Å². The van der Waals surface area contributed by atoms with Crippen LogP contribution in [0.2, 0.25) is 0 Å². The van der Waals surface area contributed by atoms with Gasteiger partial charge in [0.15, 0.2) is 23.0 Å². The van der Waals surface area contributed by atoms with Crippen LogP contribution in [0.3, 0.4) is 0 Å². The van der Waals surface area contributed by atoms with E-state index in [2.05, 4.69) is 35.2 Å². The molecule has 29 heavy (non-hydrogen) atoms. The van der Waals surface area contributed by atoms with Crippen LogP contribution in [0.15, 0.2) is 24.3 Å². The summed E-state index contributed by atoms with van der Waals surface area (Å²) in [5.74, 6) is 4.25. The molecule has 0 bridgehead atoms. The zero-order valence-electron chi connectivity index (χ0n) is 16.3. The molecule has 2 aromatic carbocycles. The first kappa shape index (κ1) is 16.0. The highest BCUT2D eigenvalue weighted by Gasteiger charge is 2.42. The Labute approximate surface area is 169 Å². The van der Waals surface area contributed by atoms with E-state index < -0.39 is 0 Å². The maximum absolute atomic E-state index is 5.98. The van der Waals surface area contributed by atoms with Crippen molar-refractivity contribution in [1.82, 2.24) is 4.90 Å². The van der Waals surface area contributed by atoms with Crippen LogP contribution in [-0.2, 0) is 6.42 Å². The highest BCUT2D eigenvalue weighted by Crippen LogP contribution is 2.55. The highest BCUT2D eigenvalue weighted by molar-refractivity contribution is 5.88. The molecule has 5 heteroatoms. The monoisotopic (exact) mass is 389 g/mol. The van der Waals surface area contributed by atoms with Crippen molar-refractivity contribution in [3.8, 4) is 23.0 Å². The molecule has 0 aromatic heterocycles. The Bertz CT molecular complexity index is 1050. The number of nitrogens with zero attached hydrogens (tertiary/aromatic N) is 1. The predicted molar refractivity (Wildman–Crippen MR) is 108 cm³/mol. The predicted octanol–water partition coefficient (Wildman–Crippen LogP) is 4.75. The molecule has 0 spiro atoms. The molecule has 1 fully saturated rings. The van der Waals surface area contributed by atoms with E-state index in [1.165, 1.54) is 53.6 Å². The Kier molecular flexibility index (Phi) is 3.23. The van der Waals surface area contributed by atoms with Crippen LogP contribution in [0.1, 0.15) is 54.0 Å². The Morgan fingerprint density at radius 3 is 2.55 bits per heavy atom. The zero-order chi connectivity index (χ0) is 18.9. The van der Waals surface area contributed by atoms with Gasteiger partial charge in [-0.3, -0.25) is 0 Å². The molecule has 7 rings (SSSR count). The smallest absolute Gasteiger partial charge is 0.231 e. The number of benzene rings is 2. The summed E-state index contributed by atoms with van der Waals surface area (Å²) in [4.78, 5) is 2.63. The number of rotatable bonds is 1. The quantitative estimate of drug-likeness (QED) is 0.704. The largest absolute Gasteiger partial charge is 0.454 e. The number of hydrogen-bond acceptors (Lipinski definition) is 5. The van der Waals surface area contributed by atoms with Crippen molar-refractivity contribution in [2.24, 2.45) is 5.92 Å². The second kappa shape index (κ2) is 5.85. The molecule has 4 aliphatic heterocycles. The third kappa shape index (κ3) is 2.21. The molecule has 1 saturated carbocycles. The molecule has 0 amide bonds. The third-order valence-electron chi connectivity index (χ3n) is 7.19. The van der Waals surface area contributed by atoms with Crippen LogP contribution < -0.4 is 18.9 Å². The summed E-state index contributed by atoms with van der Waals surface area (Å²) < 4.78 is 23.0. The summed E-state index contributed by atoms with van der Waals surface area (Å²) >= 11 is 0. The first-order valence-corrected chi connectivity index (χ1v) is 10.7. The standard InChI is InChI=1S/C24H23NO4/c1-2-4-14(3-1)23-22-16(5-6-19-24(22)29-13-26-19)9-18-17-11-21-20(27-12-28-21)10-15(17)7-8-25(18)23/h5-6,9-11,14,23H,1-4,7-8,12-13H2/t23-/m0/s1. The summed E-state index contributed by atoms with van der Waals surface area (Å²) in [7, 11) is 0. The van der Waals surface area contributed by atoms with Gasteiger partial charge in [0.25, 0.3) is 0 Å². The molecule has 2 aromatic rings. The van der Waals surface area contributed by atoms with Crippen LogP contribution in [0.25, 0.3) is 11.8 Å². The van der Waals surface area contributed by atoms with E-state index in [9.17, 15) is 0 Å². The van der Waals surface area contributed by atoms with Crippen molar-refractivity contribution in [3.05, 3.63) is 46.5 Å². The molecular formula is C24H23NO4. The number of hydrogen-bond donors (Lipinski definition) is 0. The van der Waals surface area contributed by atoms with Gasteiger partial charge in [0.1, 0.15) is 0 Å². The Hall–Kier alpha value is -2.82. The fraction of sp³-hybridized carbons (Fsp3) is 0.417. The summed E-state index contributed by atoms with van der Waals surface area (Å²) in [6, 6.07) is 8.97. The lowest BCUT2D eigenvalue weighted by Gasteiger charge is -2.45. The fourth-order valence-corrected chi connectivity index (χ4v) is 5.90. The van der Waals surface area contributed by atoms with E-state index in [0.29, 0.717) is 25.5 Å². The molecule has 1 aliphatic carbocycles. The van der Waals surface area contributed by atoms with Crippen molar-refractivity contribution in [2.75, 3.05) is 20.1 Å². The normalized spacial score (nSPS) is 23.5. The molecule has 0 unspecified atom stereocenters. The van der Waals surface area contributed by atoms with Crippen LogP contribution in [-0.4, -0.2) is 25.0 Å². The lowest BCUT2D eigenvalue weighted by Crippen LogP contribution is -2.38. The van der Waals surface area contributed by atoms with Crippen LogP contribution in [0.4, 0.5) is 0 Å².